The molecule has 0 saturated carbocycles. The van der Waals surface area contributed by atoms with Gasteiger partial charge in [-0.2, -0.15) is 0 Å². The van der Waals surface area contributed by atoms with Gasteiger partial charge >= 0.3 is 0 Å². The summed E-state index contributed by atoms with van der Waals surface area (Å²) in [6.07, 6.45) is 3.08. The van der Waals surface area contributed by atoms with Crippen LogP contribution in [0.1, 0.15) is 18.4 Å². The van der Waals surface area contributed by atoms with Crippen LogP contribution in [0.15, 0.2) is 18.2 Å². The van der Waals surface area contributed by atoms with Crippen molar-refractivity contribution in [1.82, 2.24) is 5.32 Å². The first-order valence-corrected chi connectivity index (χ1v) is 7.16. The lowest BCUT2D eigenvalue weighted by atomic mass is 9.88. The molecule has 1 aromatic rings. The Labute approximate surface area is 119 Å². The number of likely N-dealkylation sites (N-methyl/N-ethyl adjacent to an activating group) is 1. The number of hydrogen-bond acceptors (Lipinski definition) is 2. The molecule has 18 heavy (non-hydrogen) atoms. The molecule has 0 bridgehead atoms. The van der Waals surface area contributed by atoms with Crippen LogP contribution in [-0.2, 0) is 11.2 Å². The van der Waals surface area contributed by atoms with Crippen molar-refractivity contribution in [3.05, 3.63) is 33.8 Å². The van der Waals surface area contributed by atoms with Gasteiger partial charge in [-0.15, -0.1) is 0 Å². The fourth-order valence-electron chi connectivity index (χ4n) is 2.57. The average Bonchev–Trinajstić information content (AvgIpc) is 2.40. The molecule has 1 heterocycles. The Hall–Kier alpha value is -0.280. The highest BCUT2D eigenvalue weighted by atomic mass is 35.5. The van der Waals surface area contributed by atoms with Gasteiger partial charge in [-0.25, -0.2) is 0 Å². The fraction of sp³-hybridized carbons (Fsp3) is 0.571. The van der Waals surface area contributed by atoms with E-state index in [-0.39, 0.29) is 0 Å². The van der Waals surface area contributed by atoms with Gasteiger partial charge in [-0.1, -0.05) is 29.3 Å². The molecule has 4 heteroatoms. The van der Waals surface area contributed by atoms with Crippen molar-refractivity contribution in [2.45, 2.75) is 25.3 Å². The van der Waals surface area contributed by atoms with Crippen molar-refractivity contribution in [3.63, 3.8) is 0 Å². The molecular weight excluding hydrogens is 269 g/mol. The molecule has 0 aliphatic carbocycles. The van der Waals surface area contributed by atoms with Crippen molar-refractivity contribution >= 4 is 23.2 Å². The van der Waals surface area contributed by atoms with Crippen LogP contribution in [0.25, 0.3) is 0 Å². The van der Waals surface area contributed by atoms with E-state index in [0.29, 0.717) is 12.0 Å². The first kappa shape index (κ1) is 14.1. The number of rotatable bonds is 4. The van der Waals surface area contributed by atoms with Crippen LogP contribution in [-0.4, -0.2) is 26.3 Å². The van der Waals surface area contributed by atoms with Crippen LogP contribution in [0.4, 0.5) is 0 Å². The van der Waals surface area contributed by atoms with E-state index >= 15 is 0 Å². The normalized spacial score (nSPS) is 18.8. The summed E-state index contributed by atoms with van der Waals surface area (Å²) in [7, 11) is 2.00. The lowest BCUT2D eigenvalue weighted by Gasteiger charge is -2.30. The van der Waals surface area contributed by atoms with E-state index in [1.807, 2.05) is 25.2 Å². The summed E-state index contributed by atoms with van der Waals surface area (Å²) in [6.45, 7) is 1.72. The molecule has 0 amide bonds. The van der Waals surface area contributed by atoms with Gasteiger partial charge in [-0.05, 0) is 49.9 Å². The largest absolute Gasteiger partial charge is 0.381 e. The van der Waals surface area contributed by atoms with E-state index in [9.17, 15) is 0 Å². The van der Waals surface area contributed by atoms with Crippen molar-refractivity contribution in [1.29, 1.82) is 0 Å². The van der Waals surface area contributed by atoms with Gasteiger partial charge in [0.1, 0.15) is 0 Å². The maximum Gasteiger partial charge on any atom is 0.0469 e. The zero-order chi connectivity index (χ0) is 13.0. The molecule has 1 aliphatic heterocycles. The number of ether oxygens (including phenoxy) is 1. The van der Waals surface area contributed by atoms with Crippen LogP contribution in [0, 0.1) is 5.92 Å². The number of halogens is 2. The lowest BCUT2D eigenvalue weighted by molar-refractivity contribution is 0.0548. The van der Waals surface area contributed by atoms with E-state index in [4.69, 9.17) is 27.9 Å². The Morgan fingerprint density at radius 3 is 2.44 bits per heavy atom. The Morgan fingerprint density at radius 1 is 1.28 bits per heavy atom. The second-order valence-electron chi connectivity index (χ2n) is 4.75. The molecule has 0 aromatic heterocycles. The van der Waals surface area contributed by atoms with E-state index in [0.717, 1.165) is 48.1 Å². The van der Waals surface area contributed by atoms with Gasteiger partial charge in [0.05, 0.1) is 0 Å². The van der Waals surface area contributed by atoms with E-state index < -0.39 is 0 Å². The molecule has 1 saturated heterocycles. The van der Waals surface area contributed by atoms with E-state index in [1.54, 1.807) is 0 Å². The van der Waals surface area contributed by atoms with E-state index in [2.05, 4.69) is 5.32 Å². The van der Waals surface area contributed by atoms with Crippen LogP contribution in [0.5, 0.6) is 0 Å². The molecule has 1 fully saturated rings. The molecule has 100 valence electrons. The van der Waals surface area contributed by atoms with Gasteiger partial charge in [0.25, 0.3) is 0 Å². The molecule has 1 aliphatic rings. The van der Waals surface area contributed by atoms with Gasteiger partial charge in [0.15, 0.2) is 0 Å². The highest BCUT2D eigenvalue weighted by Crippen LogP contribution is 2.29. The van der Waals surface area contributed by atoms with Crippen molar-refractivity contribution in [2.24, 2.45) is 5.92 Å². The summed E-state index contributed by atoms with van der Waals surface area (Å²) < 4.78 is 5.41. The zero-order valence-electron chi connectivity index (χ0n) is 10.6. The summed E-state index contributed by atoms with van der Waals surface area (Å²) in [5.41, 5.74) is 1.05. The second-order valence-corrected chi connectivity index (χ2v) is 5.56. The topological polar surface area (TPSA) is 21.3 Å². The van der Waals surface area contributed by atoms with Gasteiger partial charge < -0.3 is 10.1 Å². The summed E-state index contributed by atoms with van der Waals surface area (Å²) >= 11 is 12.5. The molecule has 1 atom stereocenters. The highest BCUT2D eigenvalue weighted by Gasteiger charge is 2.24. The summed E-state index contributed by atoms with van der Waals surface area (Å²) in [5.74, 6) is 0.635. The van der Waals surface area contributed by atoms with Crippen LogP contribution >= 0.6 is 23.2 Å². The van der Waals surface area contributed by atoms with Gasteiger partial charge in [0, 0.05) is 29.3 Å². The Balaban J connectivity index is 2.09. The Morgan fingerprint density at radius 2 is 1.89 bits per heavy atom. The number of benzene rings is 1. The monoisotopic (exact) mass is 287 g/mol. The smallest absolute Gasteiger partial charge is 0.0469 e. The third-order valence-electron chi connectivity index (χ3n) is 3.69. The van der Waals surface area contributed by atoms with Crippen molar-refractivity contribution < 1.29 is 4.74 Å². The predicted molar refractivity (Wildman–Crippen MR) is 76.6 cm³/mol. The second kappa shape index (κ2) is 6.76. The highest BCUT2D eigenvalue weighted by molar-refractivity contribution is 6.36. The first-order chi connectivity index (χ1) is 8.72. The summed E-state index contributed by atoms with van der Waals surface area (Å²) in [4.78, 5) is 0. The molecule has 0 spiro atoms. The molecule has 1 unspecified atom stereocenters. The molecule has 2 rings (SSSR count). The fourth-order valence-corrected chi connectivity index (χ4v) is 3.12. The number of nitrogens with one attached hydrogen (secondary N) is 1. The Kier molecular flexibility index (Phi) is 5.31. The molecule has 1 N–H and O–H groups in total. The number of hydrogen-bond donors (Lipinski definition) is 1. The minimum Gasteiger partial charge on any atom is -0.381 e. The molecule has 0 radical (unpaired) electrons. The minimum absolute atomic E-state index is 0.409. The summed E-state index contributed by atoms with van der Waals surface area (Å²) in [6, 6.07) is 6.10. The predicted octanol–water partition coefficient (Wildman–Crippen LogP) is 3.55. The lowest BCUT2D eigenvalue weighted by Crippen LogP contribution is -2.38. The standard InChI is InChI=1S/C14H19Cl2NO/c1-17-14(10-5-7-18-8-6-10)9-11-12(15)3-2-4-13(11)16/h2-4,10,14,17H,5-9H2,1H3. The van der Waals surface area contributed by atoms with E-state index in [1.165, 1.54) is 0 Å². The summed E-state index contributed by atoms with van der Waals surface area (Å²) in [5, 5.41) is 4.92. The van der Waals surface area contributed by atoms with Crippen molar-refractivity contribution in [2.75, 3.05) is 20.3 Å². The third-order valence-corrected chi connectivity index (χ3v) is 4.40. The van der Waals surface area contributed by atoms with Crippen LogP contribution < -0.4 is 5.32 Å². The first-order valence-electron chi connectivity index (χ1n) is 6.40. The molecule has 1 aromatic carbocycles. The quantitative estimate of drug-likeness (QED) is 0.914. The SMILES string of the molecule is CNC(Cc1c(Cl)cccc1Cl)C1CCOCC1. The van der Waals surface area contributed by atoms with Crippen LogP contribution in [0.2, 0.25) is 10.0 Å². The molecule has 2 nitrogen and oxygen atoms in total. The zero-order valence-corrected chi connectivity index (χ0v) is 12.1. The maximum absolute atomic E-state index is 6.23. The van der Waals surface area contributed by atoms with Crippen molar-refractivity contribution in [3.8, 4) is 0 Å². The Bertz CT molecular complexity index is 371. The maximum atomic E-state index is 6.23. The van der Waals surface area contributed by atoms with Gasteiger partial charge in [0.2, 0.25) is 0 Å². The minimum atomic E-state index is 0.409. The molecular formula is C14H19Cl2NO. The third kappa shape index (κ3) is 3.39. The van der Waals surface area contributed by atoms with Crippen LogP contribution in [0.3, 0.4) is 0 Å². The average molecular weight is 288 g/mol. The van der Waals surface area contributed by atoms with Gasteiger partial charge in [-0.3, -0.25) is 0 Å².